The van der Waals surface area contributed by atoms with Crippen molar-refractivity contribution in [3.63, 3.8) is 0 Å². The minimum absolute atomic E-state index is 0.281. The first-order chi connectivity index (χ1) is 13.2. The van der Waals surface area contributed by atoms with Gasteiger partial charge in [0, 0.05) is 11.9 Å². The first-order valence-corrected chi connectivity index (χ1v) is 9.98. The first kappa shape index (κ1) is 17.6. The molecule has 27 heavy (non-hydrogen) atoms. The minimum Gasteiger partial charge on any atom is -0.322 e. The van der Waals surface area contributed by atoms with Gasteiger partial charge in [0.05, 0.1) is 26.6 Å². The summed E-state index contributed by atoms with van der Waals surface area (Å²) in [6.45, 7) is 0. The molecule has 0 aliphatic carbocycles. The highest BCUT2D eigenvalue weighted by atomic mass is 32.2. The molecule has 0 saturated heterocycles. The zero-order chi connectivity index (χ0) is 18.6. The number of hydrogen-bond donors (Lipinski definition) is 1. The molecule has 0 aliphatic heterocycles. The molecular formula is C20H14FN3OS2. The van der Waals surface area contributed by atoms with E-state index in [0.29, 0.717) is 11.3 Å². The fourth-order valence-corrected chi connectivity index (χ4v) is 4.26. The van der Waals surface area contributed by atoms with Crippen molar-refractivity contribution in [2.45, 2.75) is 10.8 Å². The Hall–Kier alpha value is -2.77. The lowest BCUT2D eigenvalue weighted by Crippen LogP contribution is -2.12. The predicted molar refractivity (Wildman–Crippen MR) is 108 cm³/mol. The van der Waals surface area contributed by atoms with Gasteiger partial charge in [0.2, 0.25) is 0 Å². The number of hydrogen-bond acceptors (Lipinski definition) is 5. The highest BCUT2D eigenvalue weighted by Crippen LogP contribution is 2.27. The molecule has 0 saturated carbocycles. The Balaban J connectivity index is 1.38. The van der Waals surface area contributed by atoms with Gasteiger partial charge in [-0.25, -0.2) is 14.4 Å². The van der Waals surface area contributed by atoms with E-state index in [1.807, 2.05) is 24.3 Å². The van der Waals surface area contributed by atoms with Gasteiger partial charge in [0.1, 0.15) is 10.8 Å². The van der Waals surface area contributed by atoms with Crippen LogP contribution in [-0.2, 0) is 5.75 Å². The second-order valence-electron chi connectivity index (χ2n) is 5.71. The van der Waals surface area contributed by atoms with Gasteiger partial charge < -0.3 is 5.32 Å². The SMILES string of the molecule is O=C(Nc1ccc(F)cc1)c1ccc(SCc2nc3ccccc3s2)nc1. The highest BCUT2D eigenvalue weighted by molar-refractivity contribution is 7.98. The predicted octanol–water partition coefficient (Wildman–Crippen LogP) is 5.38. The van der Waals surface area contributed by atoms with Gasteiger partial charge in [-0.05, 0) is 48.5 Å². The van der Waals surface area contributed by atoms with Crippen LogP contribution in [0.1, 0.15) is 15.4 Å². The number of carbonyl (C=O) groups excluding carboxylic acids is 1. The number of rotatable bonds is 5. The zero-order valence-corrected chi connectivity index (χ0v) is 15.7. The van der Waals surface area contributed by atoms with Crippen LogP contribution >= 0.6 is 23.1 Å². The number of thioether (sulfide) groups is 1. The molecule has 0 atom stereocenters. The summed E-state index contributed by atoms with van der Waals surface area (Å²) in [5.74, 6) is 0.106. The van der Waals surface area contributed by atoms with E-state index in [9.17, 15) is 9.18 Å². The van der Waals surface area contributed by atoms with Crippen molar-refractivity contribution in [1.82, 2.24) is 9.97 Å². The van der Waals surface area contributed by atoms with E-state index in [1.54, 1.807) is 35.4 Å². The molecule has 0 fully saturated rings. The summed E-state index contributed by atoms with van der Waals surface area (Å²) in [5, 5.41) is 4.59. The maximum atomic E-state index is 12.9. The maximum Gasteiger partial charge on any atom is 0.257 e. The van der Waals surface area contributed by atoms with Gasteiger partial charge in [0.25, 0.3) is 5.91 Å². The van der Waals surface area contributed by atoms with Crippen LogP contribution in [0, 0.1) is 5.82 Å². The Morgan fingerprint density at radius 2 is 1.89 bits per heavy atom. The van der Waals surface area contributed by atoms with Crippen molar-refractivity contribution in [3.8, 4) is 0 Å². The molecule has 2 heterocycles. The average molecular weight is 395 g/mol. The van der Waals surface area contributed by atoms with E-state index in [2.05, 4.69) is 21.4 Å². The fraction of sp³-hybridized carbons (Fsp3) is 0.0500. The van der Waals surface area contributed by atoms with Gasteiger partial charge in [-0.3, -0.25) is 4.79 Å². The van der Waals surface area contributed by atoms with Crippen molar-refractivity contribution < 1.29 is 9.18 Å². The second-order valence-corrected chi connectivity index (χ2v) is 7.82. The summed E-state index contributed by atoms with van der Waals surface area (Å²) in [6.07, 6.45) is 1.54. The Kier molecular flexibility index (Phi) is 5.13. The van der Waals surface area contributed by atoms with Crippen LogP contribution in [0.5, 0.6) is 0 Å². The van der Waals surface area contributed by atoms with Gasteiger partial charge in [-0.2, -0.15) is 0 Å². The zero-order valence-electron chi connectivity index (χ0n) is 14.1. The lowest BCUT2D eigenvalue weighted by atomic mass is 10.2. The number of halogens is 1. The number of carbonyl (C=O) groups is 1. The Morgan fingerprint density at radius 1 is 1.07 bits per heavy atom. The molecule has 4 rings (SSSR count). The van der Waals surface area contributed by atoms with E-state index in [4.69, 9.17) is 0 Å². The number of benzene rings is 2. The molecule has 0 spiro atoms. The summed E-state index contributed by atoms with van der Waals surface area (Å²) >= 11 is 3.25. The number of para-hydroxylation sites is 1. The largest absolute Gasteiger partial charge is 0.322 e. The topological polar surface area (TPSA) is 54.9 Å². The summed E-state index contributed by atoms with van der Waals surface area (Å²) in [6, 6.07) is 17.2. The van der Waals surface area contributed by atoms with Crippen LogP contribution in [0.15, 0.2) is 71.9 Å². The maximum absolute atomic E-state index is 12.9. The van der Waals surface area contributed by atoms with Gasteiger partial charge in [0.15, 0.2) is 0 Å². The fourth-order valence-electron chi connectivity index (χ4n) is 2.45. The van der Waals surface area contributed by atoms with E-state index < -0.39 is 0 Å². The summed E-state index contributed by atoms with van der Waals surface area (Å²) < 4.78 is 14.1. The molecular weight excluding hydrogens is 381 g/mol. The Bertz CT molecular complexity index is 1050. The quantitative estimate of drug-likeness (QED) is 0.461. The van der Waals surface area contributed by atoms with Crippen molar-refractivity contribution >= 4 is 44.9 Å². The summed E-state index contributed by atoms with van der Waals surface area (Å²) in [5.41, 5.74) is 2.00. The third-order valence-corrected chi connectivity index (χ3v) is 5.96. The number of aromatic nitrogens is 2. The number of pyridine rings is 1. The highest BCUT2D eigenvalue weighted by Gasteiger charge is 2.08. The molecule has 0 unspecified atom stereocenters. The van der Waals surface area contributed by atoms with Gasteiger partial charge in [-0.1, -0.05) is 23.9 Å². The lowest BCUT2D eigenvalue weighted by Gasteiger charge is -2.05. The van der Waals surface area contributed by atoms with Gasteiger partial charge in [-0.15, -0.1) is 11.3 Å². The molecule has 4 aromatic rings. The van der Waals surface area contributed by atoms with Crippen LogP contribution in [0.25, 0.3) is 10.2 Å². The van der Waals surface area contributed by atoms with Crippen molar-refractivity contribution in [1.29, 1.82) is 0 Å². The van der Waals surface area contributed by atoms with E-state index in [1.165, 1.54) is 29.0 Å². The molecule has 2 aromatic carbocycles. The molecule has 0 bridgehead atoms. The monoisotopic (exact) mass is 395 g/mol. The molecule has 1 amide bonds. The van der Waals surface area contributed by atoms with E-state index in [0.717, 1.165) is 21.3 Å². The van der Waals surface area contributed by atoms with E-state index >= 15 is 0 Å². The average Bonchev–Trinajstić information content (AvgIpc) is 3.11. The molecule has 0 radical (unpaired) electrons. The van der Waals surface area contributed by atoms with Crippen LogP contribution in [0.2, 0.25) is 0 Å². The third-order valence-electron chi connectivity index (χ3n) is 3.78. The molecule has 134 valence electrons. The number of fused-ring (bicyclic) bond motifs is 1. The van der Waals surface area contributed by atoms with Crippen LogP contribution < -0.4 is 5.32 Å². The number of nitrogens with one attached hydrogen (secondary N) is 1. The summed E-state index contributed by atoms with van der Waals surface area (Å²) in [7, 11) is 0. The second kappa shape index (κ2) is 7.85. The Labute approximate surface area is 163 Å². The third kappa shape index (κ3) is 4.32. The molecule has 7 heteroatoms. The van der Waals surface area contributed by atoms with Crippen molar-refractivity contribution in [2.75, 3.05) is 5.32 Å². The number of anilines is 1. The number of nitrogens with zero attached hydrogens (tertiary/aromatic N) is 2. The molecule has 1 N–H and O–H groups in total. The number of amides is 1. The first-order valence-electron chi connectivity index (χ1n) is 8.17. The standard InChI is InChI=1S/C20H14FN3OS2/c21-14-6-8-15(9-7-14)23-20(25)13-5-10-18(22-11-13)26-12-19-24-16-3-1-2-4-17(16)27-19/h1-11H,12H2,(H,23,25). The van der Waals surface area contributed by atoms with E-state index in [-0.39, 0.29) is 11.7 Å². The van der Waals surface area contributed by atoms with Gasteiger partial charge >= 0.3 is 0 Å². The minimum atomic E-state index is -0.343. The van der Waals surface area contributed by atoms with Crippen molar-refractivity contribution in [2.24, 2.45) is 0 Å². The summed E-state index contributed by atoms with van der Waals surface area (Å²) in [4.78, 5) is 21.2. The van der Waals surface area contributed by atoms with Crippen LogP contribution in [0.4, 0.5) is 10.1 Å². The normalized spacial score (nSPS) is 10.9. The lowest BCUT2D eigenvalue weighted by molar-refractivity contribution is 0.102. The molecule has 4 nitrogen and oxygen atoms in total. The van der Waals surface area contributed by atoms with Crippen LogP contribution in [0.3, 0.4) is 0 Å². The molecule has 2 aromatic heterocycles. The van der Waals surface area contributed by atoms with Crippen molar-refractivity contribution in [3.05, 3.63) is 83.2 Å². The Morgan fingerprint density at radius 3 is 2.63 bits per heavy atom. The number of thiazole rings is 1. The molecule has 0 aliphatic rings. The van der Waals surface area contributed by atoms with Crippen LogP contribution in [-0.4, -0.2) is 15.9 Å². The smallest absolute Gasteiger partial charge is 0.257 e.